The molecule has 0 bridgehead atoms. The number of hydrogen-bond donors (Lipinski definition) is 1. The van der Waals surface area contributed by atoms with Crippen LogP contribution in [0.2, 0.25) is 0 Å². The smallest absolute Gasteiger partial charge is 0.258 e. The number of nitrogens with zero attached hydrogens (tertiary/aromatic N) is 4. The Morgan fingerprint density at radius 3 is 2.87 bits per heavy atom. The van der Waals surface area contributed by atoms with Gasteiger partial charge in [-0.1, -0.05) is 6.07 Å². The van der Waals surface area contributed by atoms with Gasteiger partial charge in [0.1, 0.15) is 5.65 Å². The summed E-state index contributed by atoms with van der Waals surface area (Å²) in [7, 11) is 0. The van der Waals surface area contributed by atoms with Gasteiger partial charge in [-0.3, -0.25) is 13.9 Å². The summed E-state index contributed by atoms with van der Waals surface area (Å²) in [5, 5.41) is 7.68. The van der Waals surface area contributed by atoms with E-state index >= 15 is 0 Å². The Hall–Kier alpha value is -2.47. The van der Waals surface area contributed by atoms with E-state index in [0.29, 0.717) is 12.2 Å². The fraction of sp³-hybridized carbons (Fsp3) is 0.353. The first-order valence-electron chi connectivity index (χ1n) is 7.76. The lowest BCUT2D eigenvalue weighted by atomic mass is 10.1. The molecule has 0 aliphatic heterocycles. The number of aromatic nitrogens is 4. The second-order valence-electron chi connectivity index (χ2n) is 5.92. The number of aryl methyl sites for hydroxylation is 1. The number of rotatable bonds is 5. The van der Waals surface area contributed by atoms with E-state index in [1.165, 1.54) is 0 Å². The topological polar surface area (TPSA) is 64.2 Å². The molecule has 3 heterocycles. The highest BCUT2D eigenvalue weighted by Crippen LogP contribution is 2.10. The molecule has 0 aromatic carbocycles. The molecule has 0 fully saturated rings. The molecule has 0 amide bonds. The molecule has 0 spiro atoms. The van der Waals surface area contributed by atoms with Gasteiger partial charge >= 0.3 is 0 Å². The Morgan fingerprint density at radius 2 is 2.13 bits per heavy atom. The van der Waals surface area contributed by atoms with E-state index in [4.69, 9.17) is 0 Å². The van der Waals surface area contributed by atoms with Gasteiger partial charge in [0.05, 0.1) is 11.7 Å². The monoisotopic (exact) mass is 311 g/mol. The molecule has 2 atom stereocenters. The minimum atomic E-state index is -0.0525. The van der Waals surface area contributed by atoms with E-state index in [1.54, 1.807) is 16.7 Å². The van der Waals surface area contributed by atoms with Gasteiger partial charge in [0.15, 0.2) is 0 Å². The van der Waals surface area contributed by atoms with Gasteiger partial charge in [-0.15, -0.1) is 0 Å². The van der Waals surface area contributed by atoms with Crippen LogP contribution in [0.1, 0.15) is 31.1 Å². The molecule has 6 nitrogen and oxygen atoms in total. The van der Waals surface area contributed by atoms with Gasteiger partial charge in [-0.25, -0.2) is 4.98 Å². The minimum Gasteiger partial charge on any atom is -0.307 e. The molecule has 0 saturated heterocycles. The first kappa shape index (κ1) is 15.4. The molecule has 120 valence electrons. The van der Waals surface area contributed by atoms with Crippen LogP contribution in [0.25, 0.3) is 5.65 Å². The Morgan fingerprint density at radius 1 is 1.30 bits per heavy atom. The summed E-state index contributed by atoms with van der Waals surface area (Å²) in [6.07, 6.45) is 5.53. The summed E-state index contributed by atoms with van der Waals surface area (Å²) in [6, 6.07) is 7.75. The van der Waals surface area contributed by atoms with E-state index < -0.39 is 0 Å². The van der Waals surface area contributed by atoms with Gasteiger partial charge in [0.2, 0.25) is 0 Å². The molecule has 3 aromatic heterocycles. The third-order valence-electron chi connectivity index (χ3n) is 4.13. The average molecular weight is 311 g/mol. The van der Waals surface area contributed by atoms with E-state index in [-0.39, 0.29) is 17.6 Å². The van der Waals surface area contributed by atoms with Crippen LogP contribution in [-0.2, 0) is 6.54 Å². The number of fused-ring (bicyclic) bond motifs is 1. The van der Waals surface area contributed by atoms with Crippen LogP contribution in [0, 0.1) is 6.92 Å². The van der Waals surface area contributed by atoms with Crippen molar-refractivity contribution in [2.75, 3.05) is 0 Å². The maximum absolute atomic E-state index is 12.2. The van der Waals surface area contributed by atoms with Crippen molar-refractivity contribution in [1.29, 1.82) is 0 Å². The van der Waals surface area contributed by atoms with Crippen LogP contribution < -0.4 is 10.9 Å². The zero-order valence-corrected chi connectivity index (χ0v) is 13.6. The maximum atomic E-state index is 12.2. The molecule has 1 N–H and O–H groups in total. The van der Waals surface area contributed by atoms with Crippen molar-refractivity contribution in [1.82, 2.24) is 24.5 Å². The second kappa shape index (κ2) is 6.34. The van der Waals surface area contributed by atoms with Crippen molar-refractivity contribution in [3.8, 4) is 0 Å². The van der Waals surface area contributed by atoms with E-state index in [9.17, 15) is 4.79 Å². The van der Waals surface area contributed by atoms with Crippen molar-refractivity contribution in [2.24, 2.45) is 0 Å². The fourth-order valence-electron chi connectivity index (χ4n) is 2.54. The zero-order valence-electron chi connectivity index (χ0n) is 13.6. The van der Waals surface area contributed by atoms with Gasteiger partial charge < -0.3 is 5.32 Å². The van der Waals surface area contributed by atoms with E-state index in [0.717, 1.165) is 11.3 Å². The molecule has 0 saturated carbocycles. The first-order chi connectivity index (χ1) is 11.0. The van der Waals surface area contributed by atoms with E-state index in [1.807, 2.05) is 42.2 Å². The zero-order chi connectivity index (χ0) is 16.4. The lowest BCUT2D eigenvalue weighted by Crippen LogP contribution is -2.34. The summed E-state index contributed by atoms with van der Waals surface area (Å²) >= 11 is 0. The molecule has 0 aliphatic carbocycles. The maximum Gasteiger partial charge on any atom is 0.258 e. The molecule has 6 heteroatoms. The Bertz CT molecular complexity index is 853. The highest BCUT2D eigenvalue weighted by molar-refractivity contribution is 5.39. The summed E-state index contributed by atoms with van der Waals surface area (Å²) < 4.78 is 3.50. The van der Waals surface area contributed by atoms with Crippen LogP contribution in [-0.4, -0.2) is 25.2 Å². The van der Waals surface area contributed by atoms with Crippen molar-refractivity contribution >= 4 is 5.65 Å². The Kier molecular flexibility index (Phi) is 4.25. The van der Waals surface area contributed by atoms with Crippen molar-refractivity contribution in [3.05, 3.63) is 64.5 Å². The lowest BCUT2D eigenvalue weighted by Gasteiger charge is -2.21. The average Bonchev–Trinajstić information content (AvgIpc) is 3.07. The van der Waals surface area contributed by atoms with Crippen LogP contribution in [0.15, 0.2) is 47.7 Å². The van der Waals surface area contributed by atoms with Crippen molar-refractivity contribution in [2.45, 2.75) is 39.4 Å². The third kappa shape index (κ3) is 3.32. The summed E-state index contributed by atoms with van der Waals surface area (Å²) in [6.45, 7) is 6.71. The predicted molar refractivity (Wildman–Crippen MR) is 89.4 cm³/mol. The summed E-state index contributed by atoms with van der Waals surface area (Å²) in [4.78, 5) is 16.7. The SMILES string of the molecule is Cc1ccc2nc(CNC(C)C(C)n3cccn3)cc(=O)n2c1. The number of hydrogen-bond acceptors (Lipinski definition) is 4. The molecular weight excluding hydrogens is 290 g/mol. The van der Waals surface area contributed by atoms with Gasteiger partial charge in [-0.2, -0.15) is 5.10 Å². The van der Waals surface area contributed by atoms with Gasteiger partial charge in [-0.05, 0) is 38.5 Å². The van der Waals surface area contributed by atoms with Crippen LogP contribution in [0.3, 0.4) is 0 Å². The van der Waals surface area contributed by atoms with Gasteiger partial charge in [0, 0.05) is 37.2 Å². The van der Waals surface area contributed by atoms with Crippen LogP contribution >= 0.6 is 0 Å². The largest absolute Gasteiger partial charge is 0.307 e. The first-order valence-corrected chi connectivity index (χ1v) is 7.76. The highest BCUT2D eigenvalue weighted by Gasteiger charge is 2.14. The highest BCUT2D eigenvalue weighted by atomic mass is 16.1. The summed E-state index contributed by atoms with van der Waals surface area (Å²) in [5.74, 6) is 0. The van der Waals surface area contributed by atoms with E-state index in [2.05, 4.69) is 29.2 Å². The normalized spacial score (nSPS) is 14.0. The molecule has 23 heavy (non-hydrogen) atoms. The lowest BCUT2D eigenvalue weighted by molar-refractivity contribution is 0.363. The van der Waals surface area contributed by atoms with Crippen LogP contribution in [0.4, 0.5) is 0 Å². The fourth-order valence-corrected chi connectivity index (χ4v) is 2.54. The Labute approximate surface area is 134 Å². The molecular formula is C17H21N5O. The number of nitrogens with one attached hydrogen (secondary N) is 1. The standard InChI is InChI=1S/C17H21N5O/c1-12-5-6-16-20-15(9-17(23)21(16)11-12)10-18-13(2)14(3)22-8-4-7-19-22/h4-9,11,13-14,18H,10H2,1-3H3. The molecule has 2 unspecified atom stereocenters. The predicted octanol–water partition coefficient (Wildman–Crippen LogP) is 1.94. The van der Waals surface area contributed by atoms with Crippen molar-refractivity contribution < 1.29 is 0 Å². The Balaban J connectivity index is 1.74. The summed E-state index contributed by atoms with van der Waals surface area (Å²) in [5.41, 5.74) is 2.41. The van der Waals surface area contributed by atoms with Crippen LogP contribution in [0.5, 0.6) is 0 Å². The third-order valence-corrected chi connectivity index (χ3v) is 4.13. The molecule has 0 radical (unpaired) electrons. The second-order valence-corrected chi connectivity index (χ2v) is 5.92. The van der Waals surface area contributed by atoms with Gasteiger partial charge in [0.25, 0.3) is 5.56 Å². The quantitative estimate of drug-likeness (QED) is 0.782. The number of pyridine rings is 1. The van der Waals surface area contributed by atoms with Crippen molar-refractivity contribution in [3.63, 3.8) is 0 Å². The molecule has 0 aliphatic rings. The molecule has 3 aromatic rings. The minimum absolute atomic E-state index is 0.0525. The molecule has 3 rings (SSSR count).